The molecule has 0 saturated carbocycles. The second-order valence-electron chi connectivity index (χ2n) is 5.10. The third-order valence-electron chi connectivity index (χ3n) is 3.70. The predicted molar refractivity (Wildman–Crippen MR) is 73.7 cm³/mol. The maximum Gasteiger partial charge on any atom is 0.254 e. The second kappa shape index (κ2) is 5.04. The fraction of sp³-hybridized carbons (Fsp3) is 0.250. The summed E-state index contributed by atoms with van der Waals surface area (Å²) >= 11 is 0. The van der Waals surface area contributed by atoms with Crippen molar-refractivity contribution in [2.75, 3.05) is 0 Å². The van der Waals surface area contributed by atoms with Gasteiger partial charge in [-0.15, -0.1) is 0 Å². The minimum absolute atomic E-state index is 0.0752. The van der Waals surface area contributed by atoms with Crippen LogP contribution in [0.4, 0.5) is 4.39 Å². The van der Waals surface area contributed by atoms with Gasteiger partial charge in [-0.1, -0.05) is 6.07 Å². The van der Waals surface area contributed by atoms with E-state index in [9.17, 15) is 9.18 Å². The molecule has 3 rings (SSSR count). The average molecular weight is 270 g/mol. The molecule has 0 saturated heterocycles. The van der Waals surface area contributed by atoms with Crippen LogP contribution in [0.2, 0.25) is 0 Å². The van der Waals surface area contributed by atoms with E-state index in [1.54, 1.807) is 11.1 Å². The van der Waals surface area contributed by atoms with Crippen molar-refractivity contribution >= 4 is 5.91 Å². The van der Waals surface area contributed by atoms with E-state index in [-0.39, 0.29) is 17.8 Å². The van der Waals surface area contributed by atoms with Crippen molar-refractivity contribution in [1.82, 2.24) is 9.88 Å². The first-order valence-corrected chi connectivity index (χ1v) is 6.64. The Hall–Kier alpha value is -2.23. The Morgan fingerprint density at radius 1 is 1.30 bits per heavy atom. The number of aromatic nitrogens is 1. The van der Waals surface area contributed by atoms with Crippen LogP contribution in [0, 0.1) is 5.82 Å². The highest BCUT2D eigenvalue weighted by atomic mass is 19.1. The molecule has 1 aromatic heterocycles. The molecule has 0 spiro atoms. The number of benzene rings is 1. The zero-order valence-corrected chi connectivity index (χ0v) is 11.2. The van der Waals surface area contributed by atoms with Gasteiger partial charge in [0.05, 0.1) is 12.2 Å². The molecule has 0 aliphatic carbocycles. The number of fused-ring (bicyclic) bond motifs is 1. The molecule has 4 heteroatoms. The molecule has 1 unspecified atom stereocenters. The Balaban J connectivity index is 1.87. The zero-order chi connectivity index (χ0) is 14.1. The predicted octanol–water partition coefficient (Wildman–Crippen LogP) is 2.81. The summed E-state index contributed by atoms with van der Waals surface area (Å²) < 4.78 is 12.9. The van der Waals surface area contributed by atoms with Crippen molar-refractivity contribution in [3.63, 3.8) is 0 Å². The topological polar surface area (TPSA) is 33.2 Å². The van der Waals surface area contributed by atoms with E-state index in [0.29, 0.717) is 12.1 Å². The van der Waals surface area contributed by atoms with Crippen LogP contribution in [0.5, 0.6) is 0 Å². The summed E-state index contributed by atoms with van der Waals surface area (Å²) in [5.74, 6) is -0.408. The molecule has 1 aliphatic heterocycles. The summed E-state index contributed by atoms with van der Waals surface area (Å²) in [5, 5.41) is 0. The van der Waals surface area contributed by atoms with Crippen LogP contribution in [0.15, 0.2) is 42.6 Å². The van der Waals surface area contributed by atoms with Crippen LogP contribution in [0.1, 0.15) is 28.5 Å². The highest BCUT2D eigenvalue weighted by Gasteiger charge is 2.27. The van der Waals surface area contributed by atoms with Crippen molar-refractivity contribution < 1.29 is 9.18 Å². The highest BCUT2D eigenvalue weighted by molar-refractivity contribution is 5.94. The van der Waals surface area contributed by atoms with Gasteiger partial charge in [0.25, 0.3) is 5.91 Å². The molecule has 102 valence electrons. The molecular formula is C16H15FN2O. The largest absolute Gasteiger partial charge is 0.330 e. The van der Waals surface area contributed by atoms with Crippen LogP contribution in [0.25, 0.3) is 0 Å². The van der Waals surface area contributed by atoms with Gasteiger partial charge in [0.1, 0.15) is 5.82 Å². The van der Waals surface area contributed by atoms with E-state index in [1.807, 2.05) is 13.0 Å². The number of amides is 1. The van der Waals surface area contributed by atoms with E-state index in [1.165, 1.54) is 29.8 Å². The summed E-state index contributed by atoms with van der Waals surface area (Å²) in [4.78, 5) is 18.6. The van der Waals surface area contributed by atoms with E-state index < -0.39 is 0 Å². The molecule has 3 nitrogen and oxygen atoms in total. The Labute approximate surface area is 117 Å². The molecule has 0 N–H and O–H groups in total. The Morgan fingerprint density at radius 2 is 2.05 bits per heavy atom. The molecule has 20 heavy (non-hydrogen) atoms. The fourth-order valence-electron chi connectivity index (χ4n) is 2.58. The number of carbonyl (C=O) groups is 1. The summed E-state index contributed by atoms with van der Waals surface area (Å²) in [6.07, 6.45) is 2.55. The molecule has 0 fully saturated rings. The zero-order valence-electron chi connectivity index (χ0n) is 11.2. The number of halogens is 1. The van der Waals surface area contributed by atoms with Crippen molar-refractivity contribution in [2.24, 2.45) is 0 Å². The lowest BCUT2D eigenvalue weighted by Crippen LogP contribution is -2.42. The second-order valence-corrected chi connectivity index (χ2v) is 5.10. The average Bonchev–Trinajstić information content (AvgIpc) is 2.46. The maximum atomic E-state index is 12.9. The molecule has 2 heterocycles. The summed E-state index contributed by atoms with van der Waals surface area (Å²) in [5.41, 5.74) is 2.65. The summed E-state index contributed by atoms with van der Waals surface area (Å²) in [6, 6.07) is 9.77. The van der Waals surface area contributed by atoms with Gasteiger partial charge < -0.3 is 4.90 Å². The van der Waals surface area contributed by atoms with Crippen LogP contribution in [0.3, 0.4) is 0 Å². The third kappa shape index (κ3) is 2.29. The van der Waals surface area contributed by atoms with Crippen LogP contribution < -0.4 is 0 Å². The van der Waals surface area contributed by atoms with Crippen LogP contribution in [-0.2, 0) is 13.0 Å². The molecule has 1 aromatic carbocycles. The smallest absolute Gasteiger partial charge is 0.254 e. The van der Waals surface area contributed by atoms with Crippen molar-refractivity contribution in [3.05, 3.63) is 65.2 Å². The third-order valence-corrected chi connectivity index (χ3v) is 3.70. The van der Waals surface area contributed by atoms with Crippen LogP contribution in [-0.4, -0.2) is 21.8 Å². The van der Waals surface area contributed by atoms with Gasteiger partial charge in [-0.25, -0.2) is 4.39 Å². The van der Waals surface area contributed by atoms with E-state index in [4.69, 9.17) is 0 Å². The summed E-state index contributed by atoms with van der Waals surface area (Å²) in [7, 11) is 0. The molecular weight excluding hydrogens is 255 g/mol. The number of pyridine rings is 1. The monoisotopic (exact) mass is 270 g/mol. The van der Waals surface area contributed by atoms with E-state index in [2.05, 4.69) is 11.1 Å². The Bertz CT molecular complexity index is 639. The minimum atomic E-state index is -0.333. The van der Waals surface area contributed by atoms with Crippen molar-refractivity contribution in [2.45, 2.75) is 25.9 Å². The van der Waals surface area contributed by atoms with E-state index >= 15 is 0 Å². The van der Waals surface area contributed by atoms with Gasteiger partial charge in [-0.2, -0.15) is 0 Å². The first-order chi connectivity index (χ1) is 9.65. The standard InChI is InChI=1S/C16H15FN2O/c1-11-9-13-3-2-8-18-15(13)10-19(11)16(20)12-4-6-14(17)7-5-12/h2-8,11H,9-10H2,1H3. The molecule has 1 atom stereocenters. The lowest BCUT2D eigenvalue weighted by atomic mass is 9.98. The molecule has 2 aromatic rings. The number of carbonyl (C=O) groups excluding carboxylic acids is 1. The number of rotatable bonds is 1. The lowest BCUT2D eigenvalue weighted by Gasteiger charge is -2.34. The van der Waals surface area contributed by atoms with Gasteiger partial charge in [0.15, 0.2) is 0 Å². The highest BCUT2D eigenvalue weighted by Crippen LogP contribution is 2.23. The SMILES string of the molecule is CC1Cc2cccnc2CN1C(=O)c1ccc(F)cc1. The fourth-order valence-corrected chi connectivity index (χ4v) is 2.58. The van der Waals surface area contributed by atoms with Gasteiger partial charge >= 0.3 is 0 Å². The first-order valence-electron chi connectivity index (χ1n) is 6.64. The minimum Gasteiger partial charge on any atom is -0.330 e. The normalized spacial score (nSPS) is 17.7. The Morgan fingerprint density at radius 3 is 2.80 bits per heavy atom. The quantitative estimate of drug-likeness (QED) is 0.798. The maximum absolute atomic E-state index is 12.9. The molecule has 1 aliphatic rings. The Kier molecular flexibility index (Phi) is 3.22. The van der Waals surface area contributed by atoms with Gasteiger partial charge in [0.2, 0.25) is 0 Å². The van der Waals surface area contributed by atoms with Crippen molar-refractivity contribution in [1.29, 1.82) is 0 Å². The van der Waals surface area contributed by atoms with E-state index in [0.717, 1.165) is 12.1 Å². The lowest BCUT2D eigenvalue weighted by molar-refractivity contribution is 0.0654. The number of hydrogen-bond acceptors (Lipinski definition) is 2. The molecule has 0 radical (unpaired) electrons. The number of nitrogens with zero attached hydrogens (tertiary/aromatic N) is 2. The van der Waals surface area contributed by atoms with Crippen molar-refractivity contribution in [3.8, 4) is 0 Å². The van der Waals surface area contributed by atoms with Gasteiger partial charge in [0, 0.05) is 17.8 Å². The number of hydrogen-bond donors (Lipinski definition) is 0. The molecule has 1 amide bonds. The van der Waals surface area contributed by atoms with Gasteiger partial charge in [-0.05, 0) is 49.2 Å². The summed E-state index contributed by atoms with van der Waals surface area (Å²) in [6.45, 7) is 2.53. The van der Waals surface area contributed by atoms with Crippen LogP contribution >= 0.6 is 0 Å². The molecule has 0 bridgehead atoms. The van der Waals surface area contributed by atoms with Gasteiger partial charge in [-0.3, -0.25) is 9.78 Å². The first kappa shape index (κ1) is 12.8.